The second kappa shape index (κ2) is 6.87. The fourth-order valence-electron chi connectivity index (χ4n) is 2.31. The first kappa shape index (κ1) is 15.6. The first-order valence-corrected chi connectivity index (χ1v) is 7.66. The molecule has 0 aromatic heterocycles. The van der Waals surface area contributed by atoms with Crippen LogP contribution in [0.5, 0.6) is 0 Å². The largest absolute Gasteiger partial charge is 0.446 e. The number of benzene rings is 2. The molecule has 0 amide bonds. The molecule has 1 fully saturated rings. The van der Waals surface area contributed by atoms with E-state index in [1.807, 2.05) is 54.6 Å². The van der Waals surface area contributed by atoms with E-state index in [-0.39, 0.29) is 18.2 Å². The minimum atomic E-state index is -0.589. The topological polar surface area (TPSA) is 38.8 Å². The smallest absolute Gasteiger partial charge is 0.303 e. The Hall–Kier alpha value is -2.28. The molecular formula is C19H15ClO3. The minimum absolute atomic E-state index is 0.123. The highest BCUT2D eigenvalue weighted by atomic mass is 35.5. The molecule has 2 aromatic carbocycles. The number of ether oxygens (including phenoxy) is 2. The van der Waals surface area contributed by atoms with E-state index in [4.69, 9.17) is 21.1 Å². The van der Waals surface area contributed by atoms with E-state index in [1.54, 1.807) is 0 Å². The van der Waals surface area contributed by atoms with Crippen LogP contribution in [0.4, 0.5) is 0 Å². The Morgan fingerprint density at radius 2 is 1.87 bits per heavy atom. The van der Waals surface area contributed by atoms with Crippen molar-refractivity contribution in [3.63, 3.8) is 0 Å². The number of hydrogen-bond donors (Lipinski definition) is 0. The van der Waals surface area contributed by atoms with Crippen molar-refractivity contribution in [2.45, 2.75) is 25.2 Å². The number of esters is 1. The summed E-state index contributed by atoms with van der Waals surface area (Å²) in [5.74, 6) is 5.65. The summed E-state index contributed by atoms with van der Waals surface area (Å²) in [6.07, 6.45) is -0.966. The Balaban J connectivity index is 1.75. The van der Waals surface area contributed by atoms with Gasteiger partial charge in [0.05, 0.1) is 0 Å². The molecule has 2 aromatic rings. The Labute approximate surface area is 140 Å². The van der Waals surface area contributed by atoms with Gasteiger partial charge in [-0.25, -0.2) is 0 Å². The van der Waals surface area contributed by atoms with Crippen LogP contribution in [0.25, 0.3) is 0 Å². The average Bonchev–Trinajstić information content (AvgIpc) is 3.33. The van der Waals surface area contributed by atoms with Crippen molar-refractivity contribution >= 4 is 17.6 Å². The lowest BCUT2D eigenvalue weighted by Gasteiger charge is -2.08. The van der Waals surface area contributed by atoms with Gasteiger partial charge in [-0.3, -0.25) is 4.79 Å². The van der Waals surface area contributed by atoms with E-state index in [1.165, 1.54) is 6.92 Å². The Morgan fingerprint density at radius 1 is 1.17 bits per heavy atom. The van der Waals surface area contributed by atoms with E-state index in [0.717, 1.165) is 11.1 Å². The molecule has 4 heteroatoms. The normalized spacial score (nSPS) is 20.1. The summed E-state index contributed by atoms with van der Waals surface area (Å²) in [6, 6.07) is 17.0. The van der Waals surface area contributed by atoms with Crippen molar-refractivity contribution in [2.24, 2.45) is 0 Å². The summed E-state index contributed by atoms with van der Waals surface area (Å²) in [7, 11) is 0. The monoisotopic (exact) mass is 326 g/mol. The van der Waals surface area contributed by atoms with Gasteiger partial charge in [0, 0.05) is 17.5 Å². The molecule has 23 heavy (non-hydrogen) atoms. The molecular weight excluding hydrogens is 312 g/mol. The van der Waals surface area contributed by atoms with Crippen molar-refractivity contribution in [1.82, 2.24) is 0 Å². The van der Waals surface area contributed by atoms with Gasteiger partial charge in [-0.05, 0) is 29.8 Å². The predicted molar refractivity (Wildman–Crippen MR) is 87.9 cm³/mol. The van der Waals surface area contributed by atoms with Crippen LogP contribution in [-0.4, -0.2) is 18.2 Å². The summed E-state index contributed by atoms with van der Waals surface area (Å²) in [5.41, 5.74) is 1.87. The average molecular weight is 327 g/mol. The van der Waals surface area contributed by atoms with Gasteiger partial charge in [-0.2, -0.15) is 0 Å². The molecule has 1 aliphatic heterocycles. The second-order valence-corrected chi connectivity index (χ2v) is 5.67. The maximum absolute atomic E-state index is 11.3. The van der Waals surface area contributed by atoms with Crippen molar-refractivity contribution in [3.8, 4) is 11.8 Å². The lowest BCUT2D eigenvalue weighted by molar-refractivity contribution is -0.144. The van der Waals surface area contributed by atoms with Crippen LogP contribution in [0.15, 0.2) is 54.6 Å². The van der Waals surface area contributed by atoms with Crippen LogP contribution in [0.3, 0.4) is 0 Å². The van der Waals surface area contributed by atoms with E-state index in [2.05, 4.69) is 11.8 Å². The van der Waals surface area contributed by atoms with Crippen molar-refractivity contribution < 1.29 is 14.3 Å². The molecule has 1 aliphatic rings. The van der Waals surface area contributed by atoms with Gasteiger partial charge in [0.25, 0.3) is 0 Å². The van der Waals surface area contributed by atoms with Crippen molar-refractivity contribution in [1.29, 1.82) is 0 Å². The fraction of sp³-hybridized carbons (Fsp3) is 0.211. The number of epoxide rings is 1. The van der Waals surface area contributed by atoms with Crippen molar-refractivity contribution in [2.75, 3.05) is 0 Å². The zero-order valence-electron chi connectivity index (χ0n) is 12.5. The second-order valence-electron chi connectivity index (χ2n) is 5.24. The summed E-state index contributed by atoms with van der Waals surface area (Å²) >= 11 is 5.89. The summed E-state index contributed by atoms with van der Waals surface area (Å²) in [4.78, 5) is 11.3. The van der Waals surface area contributed by atoms with Crippen LogP contribution in [-0.2, 0) is 14.3 Å². The number of carbonyl (C=O) groups excluding carboxylic acids is 1. The predicted octanol–water partition coefficient (Wildman–Crippen LogP) is 3.76. The molecule has 0 radical (unpaired) electrons. The Morgan fingerprint density at radius 3 is 2.52 bits per heavy atom. The van der Waals surface area contributed by atoms with E-state index >= 15 is 0 Å². The molecule has 0 N–H and O–H groups in total. The van der Waals surface area contributed by atoms with Crippen LogP contribution in [0, 0.1) is 11.8 Å². The standard InChI is InChI=1S/C19H15ClO3/c1-13(21)22-17(12-7-14-5-3-2-4-6-14)19-18(23-19)15-8-10-16(20)11-9-15/h2-6,8-11,17-19H,1H3/t17?,18-,19-/m0/s1. The van der Waals surface area contributed by atoms with Gasteiger partial charge in [-0.1, -0.05) is 53.8 Å². The molecule has 0 spiro atoms. The zero-order chi connectivity index (χ0) is 16.2. The van der Waals surface area contributed by atoms with Crippen LogP contribution >= 0.6 is 11.6 Å². The van der Waals surface area contributed by atoms with Crippen LogP contribution in [0.1, 0.15) is 24.2 Å². The highest BCUT2D eigenvalue weighted by Gasteiger charge is 2.47. The first-order chi connectivity index (χ1) is 11.1. The molecule has 1 heterocycles. The summed E-state index contributed by atoms with van der Waals surface area (Å²) < 4.78 is 11.0. The first-order valence-electron chi connectivity index (χ1n) is 7.28. The minimum Gasteiger partial charge on any atom is -0.446 e. The van der Waals surface area contributed by atoms with Gasteiger partial charge < -0.3 is 9.47 Å². The zero-order valence-corrected chi connectivity index (χ0v) is 13.3. The molecule has 0 bridgehead atoms. The highest BCUT2D eigenvalue weighted by molar-refractivity contribution is 6.30. The van der Waals surface area contributed by atoms with Gasteiger partial charge in [0.2, 0.25) is 0 Å². The van der Waals surface area contributed by atoms with Crippen LogP contribution < -0.4 is 0 Å². The number of halogens is 1. The van der Waals surface area contributed by atoms with Gasteiger partial charge >= 0.3 is 5.97 Å². The molecule has 116 valence electrons. The number of rotatable bonds is 3. The fourth-order valence-corrected chi connectivity index (χ4v) is 2.43. The SMILES string of the molecule is CC(=O)OC(C#Cc1ccccc1)[C@@H]1O[C@H]1c1ccc(Cl)cc1. The number of hydrogen-bond acceptors (Lipinski definition) is 3. The summed E-state index contributed by atoms with van der Waals surface area (Å²) in [5, 5.41) is 0.673. The van der Waals surface area contributed by atoms with Gasteiger partial charge in [-0.15, -0.1) is 0 Å². The van der Waals surface area contributed by atoms with Crippen LogP contribution in [0.2, 0.25) is 5.02 Å². The van der Waals surface area contributed by atoms with E-state index in [9.17, 15) is 4.79 Å². The Bertz CT molecular complexity index is 744. The lowest BCUT2D eigenvalue weighted by Crippen LogP contribution is -2.21. The van der Waals surface area contributed by atoms with Crippen molar-refractivity contribution in [3.05, 3.63) is 70.7 Å². The number of carbonyl (C=O) groups is 1. The molecule has 3 rings (SSSR count). The Kier molecular flexibility index (Phi) is 4.66. The maximum atomic E-state index is 11.3. The maximum Gasteiger partial charge on any atom is 0.303 e. The third-order valence-corrected chi connectivity index (χ3v) is 3.70. The van der Waals surface area contributed by atoms with E-state index < -0.39 is 6.10 Å². The third-order valence-electron chi connectivity index (χ3n) is 3.45. The molecule has 3 atom stereocenters. The molecule has 1 unspecified atom stereocenters. The van der Waals surface area contributed by atoms with Gasteiger partial charge in [0.1, 0.15) is 12.2 Å². The van der Waals surface area contributed by atoms with E-state index in [0.29, 0.717) is 5.02 Å². The molecule has 0 aliphatic carbocycles. The summed E-state index contributed by atoms with van der Waals surface area (Å²) in [6.45, 7) is 1.37. The van der Waals surface area contributed by atoms with Gasteiger partial charge in [0.15, 0.2) is 6.10 Å². The molecule has 3 nitrogen and oxygen atoms in total. The molecule has 1 saturated heterocycles. The molecule has 0 saturated carbocycles. The highest BCUT2D eigenvalue weighted by Crippen LogP contribution is 2.41. The third kappa shape index (κ3) is 4.13. The quantitative estimate of drug-likeness (QED) is 0.489. The lowest BCUT2D eigenvalue weighted by atomic mass is 10.1.